The molecule has 1 aromatic heterocycles. The number of carboxylic acid groups (broad SMARTS) is 1. The fourth-order valence-electron chi connectivity index (χ4n) is 1.94. The highest BCUT2D eigenvalue weighted by Gasteiger charge is 2.21. The quantitative estimate of drug-likeness (QED) is 0.852. The number of ether oxygens (including phenoxy) is 1. The molecule has 1 fully saturated rings. The van der Waals surface area contributed by atoms with E-state index in [9.17, 15) is 4.79 Å². The zero-order valence-corrected chi connectivity index (χ0v) is 10.9. The fourth-order valence-corrected chi connectivity index (χ4v) is 2.15. The van der Waals surface area contributed by atoms with Gasteiger partial charge in [0.2, 0.25) is 0 Å². The Balaban J connectivity index is 2.24. The van der Waals surface area contributed by atoms with Gasteiger partial charge in [-0.2, -0.15) is 0 Å². The molecule has 0 aliphatic carbocycles. The van der Waals surface area contributed by atoms with Crippen LogP contribution in [0.1, 0.15) is 23.7 Å². The van der Waals surface area contributed by atoms with Crippen molar-refractivity contribution in [2.75, 3.05) is 24.6 Å². The standard InChI is InChI=1S/C12H15ClN2O3/c1-2-9-7-15(3-4-18-9)11-6-8(12(16)17)5-10(13)14-11/h5-6,9H,2-4,7H2,1H3,(H,16,17). The van der Waals surface area contributed by atoms with E-state index in [2.05, 4.69) is 11.9 Å². The predicted octanol–water partition coefficient (Wildman–Crippen LogP) is 2.05. The first kappa shape index (κ1) is 13.1. The minimum absolute atomic E-state index is 0.157. The summed E-state index contributed by atoms with van der Waals surface area (Å²) >= 11 is 5.85. The van der Waals surface area contributed by atoms with Crippen molar-refractivity contribution < 1.29 is 14.6 Å². The molecule has 5 nitrogen and oxygen atoms in total. The number of aromatic carboxylic acids is 1. The number of rotatable bonds is 3. The summed E-state index contributed by atoms with van der Waals surface area (Å²) in [4.78, 5) is 17.2. The number of anilines is 1. The third-order valence-corrected chi connectivity index (χ3v) is 3.14. The first-order valence-corrected chi connectivity index (χ1v) is 6.25. The number of aromatic nitrogens is 1. The molecule has 2 heterocycles. The van der Waals surface area contributed by atoms with Gasteiger partial charge in [0.15, 0.2) is 0 Å². The highest BCUT2D eigenvalue weighted by atomic mass is 35.5. The van der Waals surface area contributed by atoms with Crippen LogP contribution in [0, 0.1) is 0 Å². The zero-order chi connectivity index (χ0) is 13.1. The molecule has 0 saturated carbocycles. The summed E-state index contributed by atoms with van der Waals surface area (Å²) in [6, 6.07) is 2.90. The lowest BCUT2D eigenvalue weighted by atomic mass is 10.2. The molecule has 1 aromatic rings. The van der Waals surface area contributed by atoms with Gasteiger partial charge in [-0.25, -0.2) is 9.78 Å². The van der Waals surface area contributed by atoms with Gasteiger partial charge in [-0.3, -0.25) is 0 Å². The largest absolute Gasteiger partial charge is 0.478 e. The molecule has 1 saturated heterocycles. The van der Waals surface area contributed by atoms with Gasteiger partial charge < -0.3 is 14.7 Å². The van der Waals surface area contributed by atoms with Crippen LogP contribution in [0.4, 0.5) is 5.82 Å². The van der Waals surface area contributed by atoms with Crippen LogP contribution in [0.2, 0.25) is 5.15 Å². The molecule has 6 heteroatoms. The van der Waals surface area contributed by atoms with Gasteiger partial charge in [0.05, 0.1) is 18.3 Å². The maximum absolute atomic E-state index is 11.0. The van der Waals surface area contributed by atoms with Crippen molar-refractivity contribution in [3.05, 3.63) is 22.8 Å². The van der Waals surface area contributed by atoms with E-state index >= 15 is 0 Å². The molecule has 1 atom stereocenters. The lowest BCUT2D eigenvalue weighted by Crippen LogP contribution is -2.42. The average Bonchev–Trinajstić information content (AvgIpc) is 2.38. The highest BCUT2D eigenvalue weighted by Crippen LogP contribution is 2.21. The fraction of sp³-hybridized carbons (Fsp3) is 0.500. The molecule has 1 aliphatic rings. The number of carboxylic acids is 1. The molecule has 0 bridgehead atoms. The maximum Gasteiger partial charge on any atom is 0.335 e. The van der Waals surface area contributed by atoms with Crippen LogP contribution < -0.4 is 4.90 Å². The van der Waals surface area contributed by atoms with Crippen LogP contribution in [-0.2, 0) is 4.74 Å². The minimum atomic E-state index is -0.999. The molecule has 0 amide bonds. The van der Waals surface area contributed by atoms with Crippen LogP contribution >= 0.6 is 11.6 Å². The topological polar surface area (TPSA) is 62.7 Å². The lowest BCUT2D eigenvalue weighted by Gasteiger charge is -2.33. The molecule has 1 N–H and O–H groups in total. The number of carbonyl (C=O) groups is 1. The minimum Gasteiger partial charge on any atom is -0.478 e. The van der Waals surface area contributed by atoms with Gasteiger partial charge in [0.1, 0.15) is 11.0 Å². The van der Waals surface area contributed by atoms with Crippen molar-refractivity contribution in [2.24, 2.45) is 0 Å². The third-order valence-electron chi connectivity index (χ3n) is 2.95. The van der Waals surface area contributed by atoms with E-state index in [0.29, 0.717) is 25.5 Å². The van der Waals surface area contributed by atoms with Crippen molar-refractivity contribution in [1.29, 1.82) is 0 Å². The number of hydrogen-bond donors (Lipinski definition) is 1. The van der Waals surface area contributed by atoms with Crippen LogP contribution in [0.15, 0.2) is 12.1 Å². The monoisotopic (exact) mass is 270 g/mol. The number of morpholine rings is 1. The van der Waals surface area contributed by atoms with Crippen molar-refractivity contribution in [1.82, 2.24) is 4.98 Å². The van der Waals surface area contributed by atoms with Gasteiger partial charge in [-0.1, -0.05) is 18.5 Å². The van der Waals surface area contributed by atoms with Gasteiger partial charge >= 0.3 is 5.97 Å². The number of nitrogens with zero attached hydrogens (tertiary/aromatic N) is 2. The first-order valence-electron chi connectivity index (χ1n) is 5.87. The van der Waals surface area contributed by atoms with Crippen molar-refractivity contribution in [3.63, 3.8) is 0 Å². The van der Waals surface area contributed by atoms with Gasteiger partial charge in [-0.05, 0) is 18.6 Å². The van der Waals surface area contributed by atoms with E-state index < -0.39 is 5.97 Å². The van der Waals surface area contributed by atoms with Gasteiger partial charge in [-0.15, -0.1) is 0 Å². The zero-order valence-electron chi connectivity index (χ0n) is 10.1. The van der Waals surface area contributed by atoms with Crippen molar-refractivity contribution in [2.45, 2.75) is 19.4 Å². The Hall–Kier alpha value is -1.33. The Kier molecular flexibility index (Phi) is 4.04. The molecular weight excluding hydrogens is 256 g/mol. The second-order valence-electron chi connectivity index (χ2n) is 4.19. The number of hydrogen-bond acceptors (Lipinski definition) is 4. The van der Waals surface area contributed by atoms with E-state index in [1.807, 2.05) is 4.90 Å². The predicted molar refractivity (Wildman–Crippen MR) is 68.5 cm³/mol. The van der Waals surface area contributed by atoms with Crippen LogP contribution in [0.3, 0.4) is 0 Å². The van der Waals surface area contributed by atoms with Crippen LogP contribution in [0.5, 0.6) is 0 Å². The summed E-state index contributed by atoms with van der Waals surface area (Å²) in [5, 5.41) is 9.20. The molecule has 98 valence electrons. The Morgan fingerprint density at radius 1 is 1.67 bits per heavy atom. The summed E-state index contributed by atoms with van der Waals surface area (Å²) in [5.41, 5.74) is 0.157. The van der Waals surface area contributed by atoms with Crippen molar-refractivity contribution in [3.8, 4) is 0 Å². The van der Waals surface area contributed by atoms with E-state index in [1.165, 1.54) is 6.07 Å². The Morgan fingerprint density at radius 2 is 2.44 bits per heavy atom. The Morgan fingerprint density at radius 3 is 3.11 bits per heavy atom. The van der Waals surface area contributed by atoms with Crippen LogP contribution in [-0.4, -0.2) is 41.9 Å². The summed E-state index contributed by atoms with van der Waals surface area (Å²) < 4.78 is 5.57. The molecular formula is C12H15ClN2O3. The Bertz CT molecular complexity index is 453. The molecule has 1 unspecified atom stereocenters. The van der Waals surface area contributed by atoms with E-state index in [4.69, 9.17) is 21.4 Å². The lowest BCUT2D eigenvalue weighted by molar-refractivity contribution is 0.0381. The molecule has 0 aromatic carbocycles. The molecule has 1 aliphatic heterocycles. The normalized spacial score (nSPS) is 19.9. The Labute approximate surface area is 110 Å². The molecule has 0 radical (unpaired) electrons. The smallest absolute Gasteiger partial charge is 0.335 e. The molecule has 0 spiro atoms. The average molecular weight is 271 g/mol. The van der Waals surface area contributed by atoms with Crippen molar-refractivity contribution >= 4 is 23.4 Å². The van der Waals surface area contributed by atoms with E-state index in [0.717, 1.165) is 6.42 Å². The molecule has 2 rings (SSSR count). The number of pyridine rings is 1. The first-order chi connectivity index (χ1) is 8.60. The maximum atomic E-state index is 11.0. The molecule has 18 heavy (non-hydrogen) atoms. The SMILES string of the molecule is CCC1CN(c2cc(C(=O)O)cc(Cl)n2)CCO1. The number of halogens is 1. The third kappa shape index (κ3) is 2.91. The summed E-state index contributed by atoms with van der Waals surface area (Å²) in [7, 11) is 0. The van der Waals surface area contributed by atoms with Gasteiger partial charge in [0.25, 0.3) is 0 Å². The summed E-state index contributed by atoms with van der Waals surface area (Å²) in [6.45, 7) is 4.09. The van der Waals surface area contributed by atoms with Gasteiger partial charge in [0, 0.05) is 13.1 Å². The summed E-state index contributed by atoms with van der Waals surface area (Å²) in [5.74, 6) is -0.400. The van der Waals surface area contributed by atoms with E-state index in [-0.39, 0.29) is 16.8 Å². The second-order valence-corrected chi connectivity index (χ2v) is 4.58. The van der Waals surface area contributed by atoms with E-state index in [1.54, 1.807) is 6.07 Å². The second kappa shape index (κ2) is 5.54. The highest BCUT2D eigenvalue weighted by molar-refractivity contribution is 6.29. The van der Waals surface area contributed by atoms with Crippen LogP contribution in [0.25, 0.3) is 0 Å². The summed E-state index contributed by atoms with van der Waals surface area (Å²) in [6.07, 6.45) is 1.08.